The lowest BCUT2D eigenvalue weighted by molar-refractivity contribution is 0.285. The highest BCUT2D eigenvalue weighted by Crippen LogP contribution is 2.47. The Morgan fingerprint density at radius 3 is 1.96 bits per heavy atom. The van der Waals surface area contributed by atoms with Gasteiger partial charge in [-0.2, -0.15) is 0 Å². The Morgan fingerprint density at radius 1 is 0.964 bits per heavy atom. The molecule has 1 saturated heterocycles. The van der Waals surface area contributed by atoms with Gasteiger partial charge in [0.15, 0.2) is 0 Å². The third kappa shape index (κ3) is 4.18. The van der Waals surface area contributed by atoms with Crippen molar-refractivity contribution < 1.29 is 8.42 Å². The summed E-state index contributed by atoms with van der Waals surface area (Å²) in [4.78, 5) is 7.62. The predicted octanol–water partition coefficient (Wildman–Crippen LogP) is 4.32. The Kier molecular flexibility index (Phi) is 5.11. The molecule has 2 heterocycles. The third-order valence-electron chi connectivity index (χ3n) is 5.85. The summed E-state index contributed by atoms with van der Waals surface area (Å²) >= 11 is 0. The van der Waals surface area contributed by atoms with Gasteiger partial charge >= 0.3 is 0 Å². The Labute approximate surface area is 172 Å². The fourth-order valence-electron chi connectivity index (χ4n) is 4.48. The molecule has 2 fully saturated rings. The van der Waals surface area contributed by atoms with E-state index in [1.807, 2.05) is 0 Å². The fraction of sp³-hybridized carbons (Fsp3) is 0.864. The summed E-state index contributed by atoms with van der Waals surface area (Å²) < 4.78 is 28.1. The van der Waals surface area contributed by atoms with Crippen LogP contribution in [0.3, 0.4) is 0 Å². The van der Waals surface area contributed by atoms with Crippen LogP contribution in [0.15, 0.2) is 16.3 Å². The lowest BCUT2D eigenvalue weighted by Crippen LogP contribution is -2.47. The zero-order valence-electron chi connectivity index (χ0n) is 19.2. The Morgan fingerprint density at radius 2 is 1.54 bits per heavy atom. The molecule has 0 aromatic carbocycles. The molecule has 3 rings (SSSR count). The number of nitrogens with one attached hydrogen (secondary N) is 1. The molecule has 0 aromatic rings. The lowest BCUT2D eigenvalue weighted by atomic mass is 9.70. The molecule has 0 aromatic heterocycles. The van der Waals surface area contributed by atoms with Gasteiger partial charge in [0.25, 0.3) is 0 Å². The quantitative estimate of drug-likeness (QED) is 0.755. The second kappa shape index (κ2) is 6.56. The summed E-state index contributed by atoms with van der Waals surface area (Å²) in [5.74, 6) is 1.09. The van der Waals surface area contributed by atoms with Crippen LogP contribution in [0.5, 0.6) is 0 Å². The summed E-state index contributed by atoms with van der Waals surface area (Å²) in [6, 6.07) is 0.0241. The maximum absolute atomic E-state index is 12.6. The van der Waals surface area contributed by atoms with Gasteiger partial charge in [-0.15, -0.1) is 0 Å². The predicted molar refractivity (Wildman–Crippen MR) is 117 cm³/mol. The zero-order chi connectivity index (χ0) is 21.3. The van der Waals surface area contributed by atoms with Crippen molar-refractivity contribution in [2.24, 2.45) is 21.2 Å². The minimum absolute atomic E-state index is 0.00378. The second-order valence-electron chi connectivity index (χ2n) is 12.0. The first-order valence-corrected chi connectivity index (χ1v) is 12.2. The number of rotatable bonds is 3. The molecule has 5 nitrogen and oxygen atoms in total. The smallest absolute Gasteiger partial charge is 0.214 e. The van der Waals surface area contributed by atoms with E-state index in [1.165, 1.54) is 11.3 Å². The minimum Gasteiger partial charge on any atom is -0.332 e. The summed E-state index contributed by atoms with van der Waals surface area (Å²) in [5, 5.41) is -0.181. The molecule has 2 aliphatic heterocycles. The van der Waals surface area contributed by atoms with Crippen LogP contribution < -0.4 is 4.72 Å². The van der Waals surface area contributed by atoms with Crippen LogP contribution in [0.2, 0.25) is 0 Å². The first-order valence-electron chi connectivity index (χ1n) is 10.6. The molecule has 0 amide bonds. The molecule has 0 spiro atoms. The fourth-order valence-corrected chi connectivity index (χ4v) is 6.05. The summed E-state index contributed by atoms with van der Waals surface area (Å²) in [6.07, 6.45) is 2.34. The van der Waals surface area contributed by atoms with Crippen molar-refractivity contribution in [3.63, 3.8) is 0 Å². The van der Waals surface area contributed by atoms with E-state index < -0.39 is 10.0 Å². The van der Waals surface area contributed by atoms with Gasteiger partial charge in [-0.05, 0) is 29.2 Å². The maximum Gasteiger partial charge on any atom is 0.214 e. The van der Waals surface area contributed by atoms with Crippen LogP contribution in [0.4, 0.5) is 0 Å². The van der Waals surface area contributed by atoms with E-state index in [0.29, 0.717) is 6.54 Å². The van der Waals surface area contributed by atoms with Gasteiger partial charge in [0.05, 0.1) is 11.3 Å². The lowest BCUT2D eigenvalue weighted by Gasteiger charge is -2.45. The van der Waals surface area contributed by atoms with Crippen LogP contribution in [-0.4, -0.2) is 43.0 Å². The normalized spacial score (nSPS) is 27.2. The van der Waals surface area contributed by atoms with Crippen LogP contribution in [-0.2, 0) is 10.0 Å². The average Bonchev–Trinajstić information content (AvgIpc) is 3.24. The van der Waals surface area contributed by atoms with Crippen molar-refractivity contribution in [1.82, 2.24) is 9.62 Å². The highest BCUT2D eigenvalue weighted by molar-refractivity contribution is 7.90. The first-order chi connectivity index (χ1) is 12.5. The van der Waals surface area contributed by atoms with Gasteiger partial charge < -0.3 is 4.90 Å². The first kappa shape index (κ1) is 21.8. The molecule has 3 aliphatic rings. The van der Waals surface area contributed by atoms with Crippen molar-refractivity contribution >= 4 is 15.9 Å². The highest BCUT2D eigenvalue weighted by atomic mass is 32.2. The number of fused-ring (bicyclic) bond motifs is 1. The molecule has 2 atom stereocenters. The van der Waals surface area contributed by atoms with Crippen molar-refractivity contribution in [2.45, 2.75) is 98.9 Å². The Bertz CT molecular complexity index is 800. The molecule has 160 valence electrons. The molecular formula is C22H39N3O2S. The van der Waals surface area contributed by atoms with Gasteiger partial charge in [-0.25, -0.2) is 13.1 Å². The van der Waals surface area contributed by atoms with Gasteiger partial charge in [0.2, 0.25) is 10.0 Å². The number of sulfonamides is 1. The van der Waals surface area contributed by atoms with Crippen molar-refractivity contribution in [1.29, 1.82) is 0 Å². The highest BCUT2D eigenvalue weighted by Gasteiger charge is 2.47. The summed E-state index contributed by atoms with van der Waals surface area (Å²) in [6.45, 7) is 20.8. The van der Waals surface area contributed by atoms with Gasteiger partial charge in [0, 0.05) is 30.1 Å². The molecule has 2 unspecified atom stereocenters. The number of aliphatic imine (C=N–C) groups is 1. The van der Waals surface area contributed by atoms with E-state index in [1.54, 1.807) is 0 Å². The third-order valence-corrected chi connectivity index (χ3v) is 7.86. The maximum atomic E-state index is 12.6. The van der Waals surface area contributed by atoms with Crippen LogP contribution in [0.1, 0.15) is 81.6 Å². The Hall–Kier alpha value is -0.880. The molecule has 6 heteroatoms. The van der Waals surface area contributed by atoms with E-state index in [-0.39, 0.29) is 33.6 Å². The Balaban J connectivity index is 2.06. The van der Waals surface area contributed by atoms with E-state index in [4.69, 9.17) is 4.99 Å². The molecular weight excluding hydrogens is 370 g/mol. The minimum atomic E-state index is -3.20. The van der Waals surface area contributed by atoms with E-state index in [2.05, 4.69) is 71.9 Å². The molecule has 1 N–H and O–H groups in total. The van der Waals surface area contributed by atoms with Crippen LogP contribution in [0.25, 0.3) is 0 Å². The van der Waals surface area contributed by atoms with Gasteiger partial charge in [-0.3, -0.25) is 4.99 Å². The van der Waals surface area contributed by atoms with E-state index in [0.717, 1.165) is 25.1 Å². The molecule has 1 aliphatic carbocycles. The van der Waals surface area contributed by atoms with Crippen molar-refractivity contribution in [2.75, 3.05) is 6.54 Å². The van der Waals surface area contributed by atoms with Crippen molar-refractivity contribution in [3.05, 3.63) is 11.3 Å². The van der Waals surface area contributed by atoms with Gasteiger partial charge in [0.1, 0.15) is 5.84 Å². The number of nitrogens with zero attached hydrogens (tertiary/aromatic N) is 2. The number of amidine groups is 1. The zero-order valence-corrected chi connectivity index (χ0v) is 20.0. The van der Waals surface area contributed by atoms with E-state index in [9.17, 15) is 8.42 Å². The van der Waals surface area contributed by atoms with E-state index >= 15 is 0 Å². The molecule has 28 heavy (non-hydrogen) atoms. The van der Waals surface area contributed by atoms with Gasteiger partial charge in [-0.1, -0.05) is 62.3 Å². The monoisotopic (exact) mass is 409 g/mol. The average molecular weight is 410 g/mol. The SMILES string of the molecule is CC(C)(C)C1=NC(C(C)(C)C)C(C(C)(C)C)=C2CC(NS(=O)(=O)C3CC3)CN12. The molecule has 0 radical (unpaired) electrons. The second-order valence-corrected chi connectivity index (χ2v) is 13.9. The molecule has 0 bridgehead atoms. The number of hydrogen-bond donors (Lipinski definition) is 1. The van der Waals surface area contributed by atoms with Crippen molar-refractivity contribution in [3.8, 4) is 0 Å². The molecule has 1 saturated carbocycles. The largest absolute Gasteiger partial charge is 0.332 e. The standard InChI is InChI=1S/C22H39N3O2S/c1-20(2,3)17-16-12-14(24-28(26,27)15-10-11-15)13-25(16)19(22(7,8)9)23-18(17)21(4,5)6/h14-15,18,24H,10-13H2,1-9H3. The summed E-state index contributed by atoms with van der Waals surface area (Å²) in [5.41, 5.74) is 2.53. The topological polar surface area (TPSA) is 61.8 Å². The summed E-state index contributed by atoms with van der Waals surface area (Å²) in [7, 11) is -3.20. The van der Waals surface area contributed by atoms with Crippen LogP contribution >= 0.6 is 0 Å². The number of hydrogen-bond acceptors (Lipinski definition) is 4. The van der Waals surface area contributed by atoms with Crippen LogP contribution in [0, 0.1) is 16.2 Å².